The van der Waals surface area contributed by atoms with Crippen LogP contribution < -0.4 is 0 Å². The molecule has 1 saturated carbocycles. The van der Waals surface area contributed by atoms with Gasteiger partial charge in [0.2, 0.25) is 0 Å². The Morgan fingerprint density at radius 2 is 1.86 bits per heavy atom. The van der Waals surface area contributed by atoms with Crippen LogP contribution in [0.3, 0.4) is 0 Å². The van der Waals surface area contributed by atoms with Gasteiger partial charge in [-0.1, -0.05) is 41.5 Å². The van der Waals surface area contributed by atoms with Gasteiger partial charge in [0.1, 0.15) is 5.78 Å². The molecule has 21 heavy (non-hydrogen) atoms. The van der Waals surface area contributed by atoms with Gasteiger partial charge < -0.3 is 0 Å². The summed E-state index contributed by atoms with van der Waals surface area (Å²) in [4.78, 5) is 11.8. The van der Waals surface area contributed by atoms with Crippen LogP contribution in [0.2, 0.25) is 0 Å². The smallest absolute Gasteiger partial charge is 0.132 e. The van der Waals surface area contributed by atoms with Crippen molar-refractivity contribution in [1.29, 1.82) is 0 Å². The van der Waals surface area contributed by atoms with Gasteiger partial charge in [-0.25, -0.2) is 0 Å². The molecule has 1 fully saturated rings. The van der Waals surface area contributed by atoms with Gasteiger partial charge in [0.25, 0.3) is 0 Å². The first-order valence-corrected chi connectivity index (χ1v) is 8.11. The van der Waals surface area contributed by atoms with Crippen molar-refractivity contribution in [2.24, 2.45) is 5.92 Å². The maximum absolute atomic E-state index is 11.8. The number of carbonyl (C=O) groups is 1. The molecule has 1 aromatic rings. The van der Waals surface area contributed by atoms with Crippen LogP contribution in [-0.2, 0) is 10.2 Å². The minimum Gasteiger partial charge on any atom is -0.300 e. The zero-order chi connectivity index (χ0) is 14.6. The first-order chi connectivity index (χ1) is 10.1. The summed E-state index contributed by atoms with van der Waals surface area (Å²) in [5.74, 6) is 1.04. The maximum Gasteiger partial charge on any atom is 0.132 e. The lowest BCUT2D eigenvalue weighted by Gasteiger charge is -2.40. The molecule has 3 aliphatic rings. The van der Waals surface area contributed by atoms with E-state index in [1.807, 2.05) is 0 Å². The van der Waals surface area contributed by atoms with Crippen LogP contribution >= 0.6 is 0 Å². The van der Waals surface area contributed by atoms with E-state index in [-0.39, 0.29) is 5.41 Å². The Morgan fingerprint density at radius 3 is 2.62 bits per heavy atom. The summed E-state index contributed by atoms with van der Waals surface area (Å²) >= 11 is 0. The summed E-state index contributed by atoms with van der Waals surface area (Å²) in [5, 5.41) is 0. The topological polar surface area (TPSA) is 17.1 Å². The van der Waals surface area contributed by atoms with E-state index >= 15 is 0 Å². The Balaban J connectivity index is 1.91. The molecule has 0 N–H and O–H groups in total. The minimum atomic E-state index is 0.219. The Morgan fingerprint density at radius 1 is 1.10 bits per heavy atom. The number of Topliss-reactive ketones (excluding diaryl/α,β-unsaturated/α-hetero) is 1. The number of carbonyl (C=O) groups excluding carboxylic acids is 1. The summed E-state index contributed by atoms with van der Waals surface area (Å²) in [6, 6.07) is 6.93. The Labute approximate surface area is 126 Å². The summed E-state index contributed by atoms with van der Waals surface area (Å²) in [7, 11) is 0. The van der Waals surface area contributed by atoms with E-state index in [0.717, 1.165) is 32.1 Å². The molecule has 0 amide bonds. The third kappa shape index (κ3) is 1.79. The van der Waals surface area contributed by atoms with E-state index in [0.29, 0.717) is 11.7 Å². The molecule has 1 nitrogen and oxygen atoms in total. The average Bonchev–Trinajstić information content (AvgIpc) is 2.72. The fourth-order valence-corrected chi connectivity index (χ4v) is 4.72. The standard InChI is InChI=1S/C20H22O/c1-13-3-5-16-17-6-4-14(2)12-19(17)20(18(16)11-13)9-7-15(21)8-10-20/h3-6,11,19H,7-10,12H2,1-2H3. The monoisotopic (exact) mass is 278 g/mol. The van der Waals surface area contributed by atoms with Gasteiger partial charge >= 0.3 is 0 Å². The quantitative estimate of drug-likeness (QED) is 0.670. The number of hydrogen-bond donors (Lipinski definition) is 0. The molecule has 0 aliphatic heterocycles. The van der Waals surface area contributed by atoms with E-state index in [1.165, 1.54) is 27.8 Å². The zero-order valence-corrected chi connectivity index (χ0v) is 12.9. The van der Waals surface area contributed by atoms with Crippen LogP contribution in [0.25, 0.3) is 5.57 Å². The molecule has 108 valence electrons. The number of ketones is 1. The van der Waals surface area contributed by atoms with E-state index in [9.17, 15) is 4.79 Å². The maximum atomic E-state index is 11.8. The Bertz CT molecular complexity index is 680. The SMILES string of the molecule is CC1=CC=C2c3ccc(C)cc3C3(CCC(=O)CC3)C2C1. The molecule has 0 heterocycles. The number of hydrogen-bond acceptors (Lipinski definition) is 1. The van der Waals surface area contributed by atoms with Gasteiger partial charge in [-0.15, -0.1) is 0 Å². The molecule has 0 bridgehead atoms. The Kier molecular flexibility index (Phi) is 2.76. The number of rotatable bonds is 0. The third-order valence-corrected chi connectivity index (χ3v) is 5.84. The molecule has 1 heteroatoms. The second-order valence-corrected chi connectivity index (χ2v) is 7.14. The predicted molar refractivity (Wildman–Crippen MR) is 86.2 cm³/mol. The molecule has 1 unspecified atom stereocenters. The number of benzene rings is 1. The summed E-state index contributed by atoms with van der Waals surface area (Å²) in [5.41, 5.74) is 7.53. The first kappa shape index (κ1) is 13.1. The number of fused-ring (bicyclic) bond motifs is 5. The Hall–Kier alpha value is -1.63. The van der Waals surface area contributed by atoms with Crippen molar-refractivity contribution in [3.63, 3.8) is 0 Å². The van der Waals surface area contributed by atoms with Crippen LogP contribution in [-0.4, -0.2) is 5.78 Å². The molecule has 0 aromatic heterocycles. The van der Waals surface area contributed by atoms with Gasteiger partial charge in [-0.3, -0.25) is 4.79 Å². The van der Waals surface area contributed by atoms with E-state index in [2.05, 4.69) is 44.2 Å². The molecule has 0 saturated heterocycles. The third-order valence-electron chi connectivity index (χ3n) is 5.84. The number of aryl methyl sites for hydroxylation is 1. The van der Waals surface area contributed by atoms with Crippen molar-refractivity contribution in [1.82, 2.24) is 0 Å². The molecular weight excluding hydrogens is 256 g/mol. The van der Waals surface area contributed by atoms with Crippen LogP contribution in [0, 0.1) is 12.8 Å². The van der Waals surface area contributed by atoms with Crippen molar-refractivity contribution in [2.45, 2.75) is 51.4 Å². The molecule has 1 atom stereocenters. The van der Waals surface area contributed by atoms with Crippen molar-refractivity contribution in [3.8, 4) is 0 Å². The van der Waals surface area contributed by atoms with Crippen LogP contribution in [0.1, 0.15) is 55.7 Å². The van der Waals surface area contributed by atoms with Crippen LogP contribution in [0.5, 0.6) is 0 Å². The van der Waals surface area contributed by atoms with Gasteiger partial charge in [0.05, 0.1) is 0 Å². The van der Waals surface area contributed by atoms with Crippen LogP contribution in [0.4, 0.5) is 0 Å². The van der Waals surface area contributed by atoms with Crippen LogP contribution in [0.15, 0.2) is 35.9 Å². The predicted octanol–water partition coefficient (Wildman–Crippen LogP) is 4.74. The fraction of sp³-hybridized carbons (Fsp3) is 0.450. The molecule has 1 spiro atoms. The second-order valence-electron chi connectivity index (χ2n) is 7.14. The van der Waals surface area contributed by atoms with Crippen molar-refractivity contribution < 1.29 is 4.79 Å². The van der Waals surface area contributed by atoms with E-state index in [4.69, 9.17) is 0 Å². The average molecular weight is 278 g/mol. The lowest BCUT2D eigenvalue weighted by atomic mass is 9.62. The molecule has 3 aliphatic carbocycles. The van der Waals surface area contributed by atoms with Gasteiger partial charge in [0, 0.05) is 18.3 Å². The van der Waals surface area contributed by atoms with Crippen molar-refractivity contribution >= 4 is 11.4 Å². The highest BCUT2D eigenvalue weighted by Gasteiger charge is 2.50. The molecular formula is C20H22O. The fourth-order valence-electron chi connectivity index (χ4n) is 4.72. The summed E-state index contributed by atoms with van der Waals surface area (Å²) < 4.78 is 0. The zero-order valence-electron chi connectivity index (χ0n) is 12.9. The van der Waals surface area contributed by atoms with Gasteiger partial charge in [-0.05, 0) is 55.7 Å². The highest BCUT2D eigenvalue weighted by molar-refractivity contribution is 5.84. The lowest BCUT2D eigenvalue weighted by Crippen LogP contribution is -2.36. The largest absolute Gasteiger partial charge is 0.300 e. The lowest BCUT2D eigenvalue weighted by molar-refractivity contribution is -0.121. The molecule has 0 radical (unpaired) electrons. The normalized spacial score (nSPS) is 26.2. The summed E-state index contributed by atoms with van der Waals surface area (Å²) in [6.45, 7) is 4.42. The first-order valence-electron chi connectivity index (χ1n) is 8.11. The summed E-state index contributed by atoms with van der Waals surface area (Å²) in [6.07, 6.45) is 9.38. The molecule has 4 rings (SSSR count). The van der Waals surface area contributed by atoms with Crippen molar-refractivity contribution in [3.05, 3.63) is 52.6 Å². The van der Waals surface area contributed by atoms with E-state index in [1.54, 1.807) is 0 Å². The highest BCUT2D eigenvalue weighted by atomic mass is 16.1. The van der Waals surface area contributed by atoms with Gasteiger partial charge in [-0.2, -0.15) is 0 Å². The van der Waals surface area contributed by atoms with E-state index < -0.39 is 0 Å². The highest BCUT2D eigenvalue weighted by Crippen LogP contribution is 2.59. The second kappa shape index (κ2) is 4.43. The minimum absolute atomic E-state index is 0.219. The molecule has 1 aromatic carbocycles. The number of allylic oxidation sites excluding steroid dienone is 4. The van der Waals surface area contributed by atoms with Crippen molar-refractivity contribution in [2.75, 3.05) is 0 Å². The van der Waals surface area contributed by atoms with Gasteiger partial charge in [0.15, 0.2) is 0 Å².